The van der Waals surface area contributed by atoms with Crippen LogP contribution >= 0.6 is 0 Å². The van der Waals surface area contributed by atoms with Gasteiger partial charge in [-0.3, -0.25) is 4.55 Å². The van der Waals surface area contributed by atoms with Crippen LogP contribution in [0.3, 0.4) is 0 Å². The molecule has 4 atom stereocenters. The smallest absolute Gasteiger partial charge is 0.387 e. The summed E-state index contributed by atoms with van der Waals surface area (Å²) < 4.78 is 36.9. The van der Waals surface area contributed by atoms with Crippen LogP contribution in [-0.2, 0) is 19.3 Å². The van der Waals surface area contributed by atoms with Gasteiger partial charge in [-0.25, -0.2) is 4.18 Å². The van der Waals surface area contributed by atoms with Crippen molar-refractivity contribution in [2.24, 2.45) is 0 Å². The molecule has 1 aliphatic rings. The summed E-state index contributed by atoms with van der Waals surface area (Å²) in [6.07, 6.45) is -5.79. The summed E-state index contributed by atoms with van der Waals surface area (Å²) in [6, 6.07) is 0. The van der Waals surface area contributed by atoms with Crippen LogP contribution < -0.4 is 0 Å². The molecule has 0 saturated carbocycles. The number of hydrogen-bond acceptors (Lipinski definition) is 7. The van der Waals surface area contributed by atoms with E-state index in [0.29, 0.717) is 0 Å². The molecule has 0 bridgehead atoms. The molecule has 0 aromatic carbocycles. The molecule has 1 fully saturated rings. The van der Waals surface area contributed by atoms with E-state index in [1.165, 1.54) is 0 Å². The average Bonchev–Trinajstić information content (AvgIpc) is 2.28. The third kappa shape index (κ3) is 2.85. The van der Waals surface area contributed by atoms with Crippen LogP contribution in [0.2, 0.25) is 0 Å². The lowest BCUT2D eigenvalue weighted by Crippen LogP contribution is -2.34. The fraction of sp³-hybridized carbons (Fsp3) is 1.00. The fourth-order valence-electron chi connectivity index (χ4n) is 1.02. The Morgan fingerprint density at radius 2 is 1.79 bits per heavy atom. The third-order valence-electron chi connectivity index (χ3n) is 1.72. The van der Waals surface area contributed by atoms with Gasteiger partial charge in [0.2, 0.25) is 0 Å². The normalized spacial score (nSPS) is 38.9. The summed E-state index contributed by atoms with van der Waals surface area (Å²) in [6.45, 7) is -0.686. The highest BCUT2D eigenvalue weighted by Crippen LogP contribution is 2.19. The van der Waals surface area contributed by atoms with E-state index in [4.69, 9.17) is 19.9 Å². The lowest BCUT2D eigenvalue weighted by molar-refractivity contribution is -0.131. The zero-order chi connectivity index (χ0) is 10.9. The molecule has 0 radical (unpaired) electrons. The van der Waals surface area contributed by atoms with Crippen molar-refractivity contribution in [3.63, 3.8) is 0 Å². The van der Waals surface area contributed by atoms with E-state index in [1.807, 2.05) is 0 Å². The Bertz CT molecular complexity index is 286. The van der Waals surface area contributed by atoms with Gasteiger partial charge in [-0.15, -0.1) is 0 Å². The van der Waals surface area contributed by atoms with E-state index in [2.05, 4.69) is 8.92 Å². The van der Waals surface area contributed by atoms with Crippen LogP contribution in [0, 0.1) is 0 Å². The van der Waals surface area contributed by atoms with Crippen molar-refractivity contribution in [2.75, 3.05) is 6.61 Å². The van der Waals surface area contributed by atoms with Crippen LogP contribution in [0.25, 0.3) is 0 Å². The first kappa shape index (κ1) is 11.8. The van der Waals surface area contributed by atoms with Gasteiger partial charge in [0, 0.05) is 0 Å². The minimum atomic E-state index is -4.62. The van der Waals surface area contributed by atoms with E-state index >= 15 is 0 Å². The van der Waals surface area contributed by atoms with Crippen LogP contribution in [0.15, 0.2) is 0 Å². The van der Waals surface area contributed by atoms with Crippen LogP contribution in [0.1, 0.15) is 0 Å². The molecule has 4 N–H and O–H groups in total. The Labute approximate surface area is 79.6 Å². The molecule has 1 aliphatic heterocycles. The fourth-order valence-corrected chi connectivity index (χ4v) is 1.33. The third-order valence-corrected chi connectivity index (χ3v) is 2.15. The van der Waals surface area contributed by atoms with Gasteiger partial charge in [-0.2, -0.15) is 8.42 Å². The number of ether oxygens (including phenoxy) is 1. The molecular formula is C5H10O8S. The molecule has 0 amide bonds. The Hall–Kier alpha value is -0.290. The predicted octanol–water partition coefficient (Wildman–Crippen LogP) is -2.76. The SMILES string of the molecule is O=S(=O)(O)OC[C@@H]1O[C@@H](O)[C@H](O)[C@H]1O. The topological polar surface area (TPSA) is 134 Å². The van der Waals surface area contributed by atoms with Gasteiger partial charge >= 0.3 is 10.4 Å². The molecule has 0 aromatic heterocycles. The Balaban J connectivity index is 2.48. The second kappa shape index (κ2) is 4.06. The van der Waals surface area contributed by atoms with E-state index in [-0.39, 0.29) is 0 Å². The van der Waals surface area contributed by atoms with E-state index in [1.54, 1.807) is 0 Å². The molecule has 0 aliphatic carbocycles. The Morgan fingerprint density at radius 1 is 1.21 bits per heavy atom. The van der Waals surface area contributed by atoms with Gasteiger partial charge in [0.05, 0.1) is 6.61 Å². The zero-order valence-corrected chi connectivity index (χ0v) is 7.66. The molecule has 1 saturated heterocycles. The molecule has 84 valence electrons. The summed E-state index contributed by atoms with van der Waals surface area (Å²) in [5, 5.41) is 27.0. The van der Waals surface area contributed by atoms with Crippen molar-refractivity contribution >= 4 is 10.4 Å². The monoisotopic (exact) mass is 230 g/mol. The number of aliphatic hydroxyl groups excluding tert-OH is 3. The van der Waals surface area contributed by atoms with Crippen molar-refractivity contribution < 1.29 is 37.2 Å². The largest absolute Gasteiger partial charge is 0.397 e. The maximum atomic E-state index is 10.1. The number of rotatable bonds is 3. The first-order valence-corrected chi connectivity index (χ1v) is 4.99. The Kier molecular flexibility index (Phi) is 3.42. The van der Waals surface area contributed by atoms with E-state index in [0.717, 1.165) is 0 Å². The predicted molar refractivity (Wildman–Crippen MR) is 40.4 cm³/mol. The lowest BCUT2D eigenvalue weighted by Gasteiger charge is -2.12. The number of hydrogen-bond donors (Lipinski definition) is 4. The minimum absolute atomic E-state index is 0.686. The molecule has 1 heterocycles. The highest BCUT2D eigenvalue weighted by Gasteiger charge is 2.42. The van der Waals surface area contributed by atoms with E-state index in [9.17, 15) is 8.42 Å². The van der Waals surface area contributed by atoms with Gasteiger partial charge in [-0.05, 0) is 0 Å². The molecule has 1 rings (SSSR count). The van der Waals surface area contributed by atoms with Crippen molar-refractivity contribution in [1.29, 1.82) is 0 Å². The zero-order valence-electron chi connectivity index (χ0n) is 6.85. The quantitative estimate of drug-likeness (QED) is 0.383. The maximum absolute atomic E-state index is 10.1. The van der Waals surface area contributed by atoms with Gasteiger partial charge in [0.1, 0.15) is 18.3 Å². The minimum Gasteiger partial charge on any atom is -0.387 e. The molecule has 14 heavy (non-hydrogen) atoms. The first-order valence-electron chi connectivity index (χ1n) is 3.63. The van der Waals surface area contributed by atoms with Crippen LogP contribution in [0.4, 0.5) is 0 Å². The summed E-state index contributed by atoms with van der Waals surface area (Å²) in [5.74, 6) is 0. The lowest BCUT2D eigenvalue weighted by atomic mass is 10.1. The average molecular weight is 230 g/mol. The van der Waals surface area contributed by atoms with Gasteiger partial charge in [0.25, 0.3) is 0 Å². The molecule has 0 aromatic rings. The highest BCUT2D eigenvalue weighted by atomic mass is 32.3. The summed E-state index contributed by atoms with van der Waals surface area (Å²) in [4.78, 5) is 0. The van der Waals surface area contributed by atoms with E-state index < -0.39 is 41.6 Å². The van der Waals surface area contributed by atoms with Crippen molar-refractivity contribution in [3.05, 3.63) is 0 Å². The maximum Gasteiger partial charge on any atom is 0.397 e. The molecular weight excluding hydrogens is 220 g/mol. The number of aliphatic hydroxyl groups is 3. The summed E-state index contributed by atoms with van der Waals surface area (Å²) in [5.41, 5.74) is 0. The van der Waals surface area contributed by atoms with Crippen LogP contribution in [-0.4, -0.2) is 59.5 Å². The van der Waals surface area contributed by atoms with Gasteiger partial charge < -0.3 is 20.1 Å². The van der Waals surface area contributed by atoms with Crippen LogP contribution in [0.5, 0.6) is 0 Å². The standard InChI is InChI=1S/C5H10O8S/c6-3-2(1-12-14(9,10)11)13-5(8)4(3)7/h2-8H,1H2,(H,9,10,11)/t2-,3-,4+,5+/m0/s1. The van der Waals surface area contributed by atoms with Gasteiger partial charge in [0.15, 0.2) is 6.29 Å². The summed E-state index contributed by atoms with van der Waals surface area (Å²) >= 11 is 0. The van der Waals surface area contributed by atoms with Crippen molar-refractivity contribution in [3.8, 4) is 0 Å². The van der Waals surface area contributed by atoms with Gasteiger partial charge in [-0.1, -0.05) is 0 Å². The molecule has 0 unspecified atom stereocenters. The molecule has 8 nitrogen and oxygen atoms in total. The second-order valence-corrected chi connectivity index (χ2v) is 3.85. The second-order valence-electron chi connectivity index (χ2n) is 2.76. The highest BCUT2D eigenvalue weighted by molar-refractivity contribution is 7.80. The molecule has 9 heteroatoms. The van der Waals surface area contributed by atoms with Crippen molar-refractivity contribution in [1.82, 2.24) is 0 Å². The first-order chi connectivity index (χ1) is 6.31. The molecule has 0 spiro atoms. The Morgan fingerprint density at radius 3 is 2.14 bits per heavy atom. The summed E-state index contributed by atoms with van der Waals surface area (Å²) in [7, 11) is -4.62. The van der Waals surface area contributed by atoms with Crippen molar-refractivity contribution in [2.45, 2.75) is 24.6 Å².